The van der Waals surface area contributed by atoms with Gasteiger partial charge in [-0.1, -0.05) is 31.9 Å². The van der Waals surface area contributed by atoms with Crippen LogP contribution in [0.1, 0.15) is 37.3 Å². The maximum atomic E-state index is 13.4. The maximum absolute atomic E-state index is 13.4. The van der Waals surface area contributed by atoms with Gasteiger partial charge < -0.3 is 25.7 Å². The highest BCUT2D eigenvalue weighted by atomic mass is 19.1. The van der Waals surface area contributed by atoms with Crippen LogP contribution in [0.25, 0.3) is 11.0 Å². The number of fused-ring (bicyclic) bond motifs is 1. The van der Waals surface area contributed by atoms with Crippen molar-refractivity contribution in [1.82, 2.24) is 24.8 Å². The Labute approximate surface area is 200 Å². The highest BCUT2D eigenvalue weighted by Crippen LogP contribution is 2.27. The second-order valence-corrected chi connectivity index (χ2v) is 8.87. The van der Waals surface area contributed by atoms with Gasteiger partial charge in [0, 0.05) is 44.5 Å². The number of ether oxygens (including phenoxy) is 1. The Morgan fingerprint density at radius 3 is 2.91 bits per heavy atom. The fraction of sp³-hybridized carbons (Fsp3) is 0.520. The Morgan fingerprint density at radius 1 is 1.24 bits per heavy atom. The summed E-state index contributed by atoms with van der Waals surface area (Å²) in [4.78, 5) is 11.1. The highest BCUT2D eigenvalue weighted by Gasteiger charge is 2.22. The van der Waals surface area contributed by atoms with E-state index in [0.717, 1.165) is 66.2 Å². The van der Waals surface area contributed by atoms with Crippen LogP contribution in [0.15, 0.2) is 30.5 Å². The molecule has 184 valence electrons. The fourth-order valence-electron chi connectivity index (χ4n) is 4.56. The molecule has 1 saturated heterocycles. The molecule has 3 aromatic rings. The minimum absolute atomic E-state index is 0.0821. The number of anilines is 2. The summed E-state index contributed by atoms with van der Waals surface area (Å²) >= 11 is 0. The van der Waals surface area contributed by atoms with Crippen molar-refractivity contribution in [3.8, 4) is 5.75 Å². The van der Waals surface area contributed by atoms with Crippen molar-refractivity contribution in [2.24, 2.45) is 0 Å². The summed E-state index contributed by atoms with van der Waals surface area (Å²) in [6.07, 6.45) is 5.42. The van der Waals surface area contributed by atoms with Gasteiger partial charge in [0.25, 0.3) is 0 Å². The van der Waals surface area contributed by atoms with Gasteiger partial charge in [-0.05, 0) is 24.1 Å². The molecule has 0 spiro atoms. The molecule has 1 atom stereocenters. The van der Waals surface area contributed by atoms with Gasteiger partial charge in [-0.25, -0.2) is 9.37 Å². The quantitative estimate of drug-likeness (QED) is 0.371. The molecule has 0 aliphatic carbocycles. The zero-order valence-corrected chi connectivity index (χ0v) is 20.2. The molecule has 1 fully saturated rings. The number of nitrogen functional groups attached to an aromatic ring is 1. The number of methoxy groups -OCH3 is 1. The number of unbranched alkanes of at least 4 members (excludes halogenated alkanes) is 2. The first-order valence-corrected chi connectivity index (χ1v) is 12.2. The number of nitrogens with two attached hydrogens (primary N) is 1. The topological polar surface area (TPSA) is 93.3 Å². The van der Waals surface area contributed by atoms with Crippen molar-refractivity contribution >= 4 is 22.8 Å². The third-order valence-corrected chi connectivity index (χ3v) is 6.43. The molecule has 8 nitrogen and oxygen atoms in total. The van der Waals surface area contributed by atoms with Crippen molar-refractivity contribution in [2.75, 3.05) is 51.0 Å². The Balaban J connectivity index is 1.55. The molecular formula is C25H36FN7O. The Kier molecular flexibility index (Phi) is 8.18. The van der Waals surface area contributed by atoms with Gasteiger partial charge in [-0.2, -0.15) is 4.98 Å². The number of halogens is 1. The van der Waals surface area contributed by atoms with Crippen LogP contribution in [0.5, 0.6) is 5.75 Å². The van der Waals surface area contributed by atoms with E-state index in [2.05, 4.69) is 55.2 Å². The van der Waals surface area contributed by atoms with Gasteiger partial charge >= 0.3 is 0 Å². The van der Waals surface area contributed by atoms with Gasteiger partial charge in [-0.15, -0.1) is 0 Å². The summed E-state index contributed by atoms with van der Waals surface area (Å²) in [7, 11) is 1.69. The molecule has 0 saturated carbocycles. The predicted octanol–water partition coefficient (Wildman–Crippen LogP) is 3.42. The lowest BCUT2D eigenvalue weighted by Crippen LogP contribution is -2.51. The predicted molar refractivity (Wildman–Crippen MR) is 135 cm³/mol. The van der Waals surface area contributed by atoms with Crippen LogP contribution in [0.3, 0.4) is 0 Å². The number of rotatable bonds is 11. The monoisotopic (exact) mass is 469 g/mol. The minimum atomic E-state index is -0.343. The van der Waals surface area contributed by atoms with Crippen LogP contribution in [0, 0.1) is 0 Å². The number of benzene rings is 1. The van der Waals surface area contributed by atoms with Crippen molar-refractivity contribution < 1.29 is 9.13 Å². The standard InChI is InChI=1S/C25H36FN7O/c1-3-4-5-9-29-24-23-21(30-25(27)31-24)8-11-33(23)17-19-7-6-18(13-22(19)34-2)16-32-12-10-28-15-20(32)14-26/h6-8,11,13,20,28H,3-5,9-10,12,14-17H2,1-2H3,(H3,27,29,30,31)/t20-/m0/s1. The smallest absolute Gasteiger partial charge is 0.222 e. The van der Waals surface area contributed by atoms with Crippen LogP contribution in [0.4, 0.5) is 16.2 Å². The third-order valence-electron chi connectivity index (χ3n) is 6.43. The van der Waals surface area contributed by atoms with E-state index in [1.165, 1.54) is 6.42 Å². The molecule has 0 radical (unpaired) electrons. The van der Waals surface area contributed by atoms with E-state index < -0.39 is 0 Å². The molecule has 1 aromatic carbocycles. The van der Waals surface area contributed by atoms with Gasteiger partial charge in [0.2, 0.25) is 5.95 Å². The zero-order chi connectivity index (χ0) is 23.9. The lowest BCUT2D eigenvalue weighted by Gasteiger charge is -2.34. The number of piperazine rings is 1. The minimum Gasteiger partial charge on any atom is -0.496 e. The van der Waals surface area contributed by atoms with E-state index in [0.29, 0.717) is 19.6 Å². The molecule has 4 N–H and O–H groups in total. The van der Waals surface area contributed by atoms with Crippen LogP contribution in [0.2, 0.25) is 0 Å². The maximum Gasteiger partial charge on any atom is 0.222 e. The first-order chi connectivity index (χ1) is 16.6. The first-order valence-electron chi connectivity index (χ1n) is 12.2. The van der Waals surface area contributed by atoms with Gasteiger partial charge in [0.1, 0.15) is 17.9 Å². The van der Waals surface area contributed by atoms with Crippen LogP contribution in [-0.4, -0.2) is 65.4 Å². The van der Waals surface area contributed by atoms with Gasteiger partial charge in [-0.3, -0.25) is 4.90 Å². The summed E-state index contributed by atoms with van der Waals surface area (Å²) in [5.74, 6) is 1.85. The molecule has 4 rings (SSSR count). The van der Waals surface area contributed by atoms with Crippen molar-refractivity contribution in [1.29, 1.82) is 0 Å². The molecule has 0 amide bonds. The average molecular weight is 470 g/mol. The summed E-state index contributed by atoms with van der Waals surface area (Å²) in [6, 6.07) is 8.16. The van der Waals surface area contributed by atoms with E-state index in [9.17, 15) is 4.39 Å². The van der Waals surface area contributed by atoms with E-state index >= 15 is 0 Å². The Bertz CT molecular complexity index is 1090. The Hall–Kier alpha value is -2.91. The Morgan fingerprint density at radius 2 is 2.12 bits per heavy atom. The van der Waals surface area contributed by atoms with Crippen LogP contribution in [-0.2, 0) is 13.1 Å². The summed E-state index contributed by atoms with van der Waals surface area (Å²) < 4.78 is 21.3. The van der Waals surface area contributed by atoms with Crippen molar-refractivity contribution in [3.63, 3.8) is 0 Å². The van der Waals surface area contributed by atoms with Gasteiger partial charge in [0.05, 0.1) is 25.2 Å². The lowest BCUT2D eigenvalue weighted by atomic mass is 10.1. The van der Waals surface area contributed by atoms with Crippen LogP contribution < -0.4 is 21.1 Å². The number of nitrogens with one attached hydrogen (secondary N) is 2. The van der Waals surface area contributed by atoms with Gasteiger partial charge in [0.15, 0.2) is 5.82 Å². The average Bonchev–Trinajstić information content (AvgIpc) is 3.25. The summed E-state index contributed by atoms with van der Waals surface area (Å²) in [5, 5.41) is 6.71. The van der Waals surface area contributed by atoms with E-state index in [1.54, 1.807) is 7.11 Å². The second kappa shape index (κ2) is 11.5. The molecule has 1 aliphatic rings. The lowest BCUT2D eigenvalue weighted by molar-refractivity contribution is 0.128. The molecule has 9 heteroatoms. The largest absolute Gasteiger partial charge is 0.496 e. The third kappa shape index (κ3) is 5.59. The molecule has 34 heavy (non-hydrogen) atoms. The second-order valence-electron chi connectivity index (χ2n) is 8.87. The number of alkyl halides is 1. The van der Waals surface area contributed by atoms with E-state index in [-0.39, 0.29) is 18.7 Å². The van der Waals surface area contributed by atoms with Crippen molar-refractivity contribution in [3.05, 3.63) is 41.6 Å². The van der Waals surface area contributed by atoms with Crippen LogP contribution >= 0.6 is 0 Å². The zero-order valence-electron chi connectivity index (χ0n) is 20.2. The first kappa shape index (κ1) is 24.2. The molecule has 0 bridgehead atoms. The number of aromatic nitrogens is 3. The summed E-state index contributed by atoms with van der Waals surface area (Å²) in [6.45, 7) is 6.42. The highest BCUT2D eigenvalue weighted by molar-refractivity contribution is 5.87. The number of hydrogen-bond acceptors (Lipinski definition) is 7. The number of nitrogens with zero attached hydrogens (tertiary/aromatic N) is 4. The number of hydrogen-bond donors (Lipinski definition) is 3. The fourth-order valence-corrected chi connectivity index (χ4v) is 4.56. The molecule has 1 aliphatic heterocycles. The van der Waals surface area contributed by atoms with E-state index in [4.69, 9.17) is 10.5 Å². The molecule has 2 aromatic heterocycles. The summed E-state index contributed by atoms with van der Waals surface area (Å²) in [5.41, 5.74) is 9.88. The molecule has 0 unspecified atom stereocenters. The van der Waals surface area contributed by atoms with Crippen molar-refractivity contribution in [2.45, 2.75) is 45.3 Å². The molecular weight excluding hydrogens is 433 g/mol. The SMILES string of the molecule is CCCCCNc1nc(N)nc2ccn(Cc3ccc(CN4CCNC[C@@H]4CF)cc3OC)c12. The molecule has 3 heterocycles. The normalized spacial score (nSPS) is 16.7. The van der Waals surface area contributed by atoms with E-state index in [1.807, 2.05) is 12.3 Å².